The number of hydrogen-bond donors (Lipinski definition) is 0. The summed E-state index contributed by atoms with van der Waals surface area (Å²) < 4.78 is 5.62. The third-order valence-electron chi connectivity index (χ3n) is 6.47. The Bertz CT molecular complexity index is 666. The van der Waals surface area contributed by atoms with Crippen LogP contribution >= 0.6 is 0 Å². The predicted molar refractivity (Wildman–Crippen MR) is 87.6 cm³/mol. The van der Waals surface area contributed by atoms with E-state index in [0.29, 0.717) is 18.3 Å². The summed E-state index contributed by atoms with van der Waals surface area (Å²) in [5.41, 5.74) is 4.12. The third kappa shape index (κ3) is 2.24. The summed E-state index contributed by atoms with van der Waals surface area (Å²) in [5, 5.41) is 0. The van der Waals surface area contributed by atoms with Gasteiger partial charge in [0.1, 0.15) is 6.10 Å². The summed E-state index contributed by atoms with van der Waals surface area (Å²) in [6.45, 7) is 3.76. The average Bonchev–Trinajstić information content (AvgIpc) is 2.83. The van der Waals surface area contributed by atoms with Crippen LogP contribution < -0.4 is 0 Å². The minimum absolute atomic E-state index is 0.0117. The molecule has 0 bridgehead atoms. The van der Waals surface area contributed by atoms with Crippen molar-refractivity contribution < 1.29 is 14.3 Å². The van der Waals surface area contributed by atoms with E-state index in [9.17, 15) is 9.59 Å². The SMILES string of the molecule is CC(=O)O[C@@H]1CC[C@@H]2[C@H]3CCC4=CC(=O)CCC4=C3C=C[C@@]21C. The van der Waals surface area contributed by atoms with Crippen LogP contribution in [0.25, 0.3) is 0 Å². The van der Waals surface area contributed by atoms with E-state index in [0.717, 1.165) is 32.1 Å². The maximum absolute atomic E-state index is 11.7. The molecule has 3 nitrogen and oxygen atoms in total. The second-order valence-electron chi connectivity index (χ2n) is 7.70. The molecule has 0 N–H and O–H groups in total. The summed E-state index contributed by atoms with van der Waals surface area (Å²) in [6, 6.07) is 0. The number of carbonyl (C=O) groups excluding carboxylic acids is 2. The van der Waals surface area contributed by atoms with Gasteiger partial charge in [-0.2, -0.15) is 0 Å². The molecule has 1 saturated carbocycles. The zero-order chi connectivity index (χ0) is 16.2. The van der Waals surface area contributed by atoms with Crippen LogP contribution in [0.1, 0.15) is 52.4 Å². The molecule has 0 radical (unpaired) electrons. The molecule has 4 aliphatic carbocycles. The lowest BCUT2D eigenvalue weighted by Crippen LogP contribution is -2.40. The van der Waals surface area contributed by atoms with Gasteiger partial charge < -0.3 is 4.74 Å². The zero-order valence-electron chi connectivity index (χ0n) is 13.9. The minimum Gasteiger partial charge on any atom is -0.462 e. The molecule has 0 aliphatic heterocycles. The molecular weight excluding hydrogens is 288 g/mol. The molecule has 4 rings (SSSR count). The molecule has 23 heavy (non-hydrogen) atoms. The van der Waals surface area contributed by atoms with Gasteiger partial charge in [0, 0.05) is 18.8 Å². The van der Waals surface area contributed by atoms with Gasteiger partial charge in [-0.25, -0.2) is 0 Å². The van der Waals surface area contributed by atoms with Crippen molar-refractivity contribution in [3.63, 3.8) is 0 Å². The molecule has 3 heteroatoms. The lowest BCUT2D eigenvalue weighted by molar-refractivity contribution is -0.150. The molecule has 0 aromatic carbocycles. The fourth-order valence-corrected chi connectivity index (χ4v) is 5.36. The molecule has 0 aromatic heterocycles. The number of carbonyl (C=O) groups is 2. The Morgan fingerprint density at radius 2 is 2.04 bits per heavy atom. The Hall–Kier alpha value is -1.64. The van der Waals surface area contributed by atoms with Gasteiger partial charge in [-0.1, -0.05) is 19.1 Å². The number of esters is 1. The molecule has 0 aromatic rings. The van der Waals surface area contributed by atoms with Gasteiger partial charge in [0.2, 0.25) is 0 Å². The average molecular weight is 312 g/mol. The van der Waals surface area contributed by atoms with Crippen LogP contribution in [0.5, 0.6) is 0 Å². The number of fused-ring (bicyclic) bond motifs is 4. The Balaban J connectivity index is 1.73. The summed E-state index contributed by atoms with van der Waals surface area (Å²) in [6.07, 6.45) is 12.2. The first-order valence-electron chi connectivity index (χ1n) is 8.82. The van der Waals surface area contributed by atoms with Gasteiger partial charge in [0.05, 0.1) is 0 Å². The van der Waals surface area contributed by atoms with E-state index in [-0.39, 0.29) is 23.3 Å². The van der Waals surface area contributed by atoms with Gasteiger partial charge in [-0.3, -0.25) is 9.59 Å². The fraction of sp³-hybridized carbons (Fsp3) is 0.600. The van der Waals surface area contributed by atoms with Crippen molar-refractivity contribution in [3.05, 3.63) is 34.9 Å². The van der Waals surface area contributed by atoms with E-state index in [1.165, 1.54) is 23.6 Å². The zero-order valence-corrected chi connectivity index (χ0v) is 13.9. The van der Waals surface area contributed by atoms with Crippen molar-refractivity contribution in [1.82, 2.24) is 0 Å². The second-order valence-corrected chi connectivity index (χ2v) is 7.70. The van der Waals surface area contributed by atoms with Crippen LogP contribution in [0.2, 0.25) is 0 Å². The number of hydrogen-bond acceptors (Lipinski definition) is 3. The normalized spacial score (nSPS) is 38.6. The maximum atomic E-state index is 11.7. The van der Waals surface area contributed by atoms with Crippen molar-refractivity contribution in [2.24, 2.45) is 17.3 Å². The van der Waals surface area contributed by atoms with Crippen LogP contribution in [0.15, 0.2) is 34.9 Å². The Morgan fingerprint density at radius 1 is 1.22 bits per heavy atom. The van der Waals surface area contributed by atoms with Gasteiger partial charge in [0.15, 0.2) is 5.78 Å². The smallest absolute Gasteiger partial charge is 0.302 e. The quantitative estimate of drug-likeness (QED) is 0.690. The van der Waals surface area contributed by atoms with Gasteiger partial charge in [-0.05, 0) is 66.7 Å². The van der Waals surface area contributed by atoms with Crippen LogP contribution in [0.4, 0.5) is 0 Å². The van der Waals surface area contributed by atoms with E-state index in [1.807, 2.05) is 6.08 Å². The topological polar surface area (TPSA) is 43.4 Å². The molecule has 0 heterocycles. The Labute approximate surface area is 137 Å². The second kappa shape index (κ2) is 5.19. The molecular formula is C20H24O3. The van der Waals surface area contributed by atoms with Gasteiger partial charge in [-0.15, -0.1) is 0 Å². The summed E-state index contributed by atoms with van der Waals surface area (Å²) in [5.74, 6) is 1.22. The molecule has 0 saturated heterocycles. The van der Waals surface area contributed by atoms with Crippen molar-refractivity contribution >= 4 is 11.8 Å². The minimum atomic E-state index is -0.172. The molecule has 0 amide bonds. The summed E-state index contributed by atoms with van der Waals surface area (Å²) in [4.78, 5) is 23.1. The lowest BCUT2D eigenvalue weighted by atomic mass is 9.60. The highest BCUT2D eigenvalue weighted by Crippen LogP contribution is 2.57. The largest absolute Gasteiger partial charge is 0.462 e. The summed E-state index contributed by atoms with van der Waals surface area (Å²) >= 11 is 0. The monoisotopic (exact) mass is 312 g/mol. The standard InChI is InChI=1S/C20H24O3/c1-12(21)23-19-8-7-18-17-5-3-13-11-14(22)4-6-15(13)16(17)9-10-20(18,19)2/h9-11,17-19H,3-8H2,1-2H3/t17-,18+,19+,20-/m0/s1. The highest BCUT2D eigenvalue weighted by atomic mass is 16.5. The van der Waals surface area contributed by atoms with Crippen molar-refractivity contribution in [2.45, 2.75) is 58.5 Å². The highest BCUT2D eigenvalue weighted by molar-refractivity contribution is 5.93. The molecule has 4 atom stereocenters. The van der Waals surface area contributed by atoms with E-state index < -0.39 is 0 Å². The van der Waals surface area contributed by atoms with Crippen LogP contribution in [-0.2, 0) is 14.3 Å². The number of ether oxygens (including phenoxy) is 1. The maximum Gasteiger partial charge on any atom is 0.302 e. The van der Waals surface area contributed by atoms with E-state index >= 15 is 0 Å². The number of ketones is 1. The van der Waals surface area contributed by atoms with E-state index in [1.54, 1.807) is 0 Å². The van der Waals surface area contributed by atoms with Crippen LogP contribution in [0, 0.1) is 17.3 Å². The molecule has 1 fully saturated rings. The van der Waals surface area contributed by atoms with Gasteiger partial charge >= 0.3 is 5.97 Å². The van der Waals surface area contributed by atoms with Crippen molar-refractivity contribution in [2.75, 3.05) is 0 Å². The van der Waals surface area contributed by atoms with Crippen LogP contribution in [0.3, 0.4) is 0 Å². The summed E-state index contributed by atoms with van der Waals surface area (Å²) in [7, 11) is 0. The molecule has 4 aliphatic rings. The predicted octanol–water partition coefficient (Wildman–Crippen LogP) is 3.90. The Kier molecular flexibility index (Phi) is 3.36. The molecule has 122 valence electrons. The molecule has 0 unspecified atom stereocenters. The fourth-order valence-electron chi connectivity index (χ4n) is 5.36. The third-order valence-corrected chi connectivity index (χ3v) is 6.47. The van der Waals surface area contributed by atoms with E-state index in [2.05, 4.69) is 19.1 Å². The Morgan fingerprint density at radius 3 is 2.83 bits per heavy atom. The van der Waals surface area contributed by atoms with Crippen molar-refractivity contribution in [3.8, 4) is 0 Å². The molecule has 0 spiro atoms. The first-order chi connectivity index (χ1) is 11.0. The van der Waals surface area contributed by atoms with E-state index in [4.69, 9.17) is 4.74 Å². The first-order valence-corrected chi connectivity index (χ1v) is 8.82. The van der Waals surface area contributed by atoms with Crippen molar-refractivity contribution in [1.29, 1.82) is 0 Å². The first kappa shape index (κ1) is 14.9. The van der Waals surface area contributed by atoms with Crippen LogP contribution in [-0.4, -0.2) is 17.9 Å². The highest BCUT2D eigenvalue weighted by Gasteiger charge is 2.53. The number of rotatable bonds is 1. The number of allylic oxidation sites excluding steroid dienone is 5. The van der Waals surface area contributed by atoms with Gasteiger partial charge in [0.25, 0.3) is 0 Å². The lowest BCUT2D eigenvalue weighted by Gasteiger charge is -2.45.